The molecule has 21 heavy (non-hydrogen) atoms. The van der Waals surface area contributed by atoms with Crippen LogP contribution in [0, 0.1) is 0 Å². The van der Waals surface area contributed by atoms with Gasteiger partial charge in [-0.3, -0.25) is 4.79 Å². The molecule has 2 aliphatic rings. The van der Waals surface area contributed by atoms with Crippen molar-refractivity contribution in [3.05, 3.63) is 39.4 Å². The summed E-state index contributed by atoms with van der Waals surface area (Å²) in [6.45, 7) is 1.27. The maximum atomic E-state index is 12.1. The van der Waals surface area contributed by atoms with Crippen LogP contribution in [-0.4, -0.2) is 12.5 Å². The van der Waals surface area contributed by atoms with Crippen LogP contribution in [0.4, 0.5) is 0 Å². The number of carbonyl (C=O) groups excluding carboxylic acids is 1. The van der Waals surface area contributed by atoms with Gasteiger partial charge in [-0.2, -0.15) is 0 Å². The van der Waals surface area contributed by atoms with Crippen molar-refractivity contribution in [2.24, 2.45) is 0 Å². The fraction of sp³-hybridized carbons (Fsp3) is 0.471. The van der Waals surface area contributed by atoms with Crippen molar-refractivity contribution in [1.82, 2.24) is 5.32 Å². The van der Waals surface area contributed by atoms with Crippen LogP contribution < -0.4 is 10.1 Å². The van der Waals surface area contributed by atoms with Crippen LogP contribution in [0.15, 0.2) is 28.3 Å². The third kappa shape index (κ3) is 3.67. The van der Waals surface area contributed by atoms with E-state index in [1.165, 1.54) is 24.0 Å². The number of rotatable bonds is 4. The lowest BCUT2D eigenvalue weighted by Gasteiger charge is -2.13. The van der Waals surface area contributed by atoms with Gasteiger partial charge in [-0.15, -0.1) is 0 Å². The Balaban J connectivity index is 1.60. The molecule has 0 unspecified atom stereocenters. The molecular weight excluding hydrogens is 330 g/mol. The molecule has 3 rings (SSSR count). The van der Waals surface area contributed by atoms with E-state index in [1.807, 2.05) is 6.07 Å². The highest BCUT2D eigenvalue weighted by Gasteiger charge is 2.18. The van der Waals surface area contributed by atoms with E-state index in [4.69, 9.17) is 4.74 Å². The number of ether oxygens (including phenoxy) is 1. The minimum Gasteiger partial charge on any atom is -0.493 e. The Hall–Kier alpha value is -1.29. The molecule has 0 aromatic heterocycles. The van der Waals surface area contributed by atoms with E-state index in [2.05, 4.69) is 33.4 Å². The van der Waals surface area contributed by atoms with E-state index in [0.29, 0.717) is 13.0 Å². The number of nitrogens with one attached hydrogen (secondary N) is 1. The quantitative estimate of drug-likeness (QED) is 0.837. The highest BCUT2D eigenvalue weighted by atomic mass is 79.9. The van der Waals surface area contributed by atoms with Crippen LogP contribution in [0.25, 0.3) is 0 Å². The Kier molecular flexibility index (Phi) is 4.63. The summed E-state index contributed by atoms with van der Waals surface area (Å²) in [6.07, 6.45) is 8.37. The number of benzene rings is 1. The molecule has 0 radical (unpaired) electrons. The zero-order chi connectivity index (χ0) is 14.7. The van der Waals surface area contributed by atoms with Crippen LogP contribution >= 0.6 is 15.9 Å². The van der Waals surface area contributed by atoms with Gasteiger partial charge in [0.15, 0.2) is 0 Å². The molecule has 1 aliphatic carbocycles. The SMILES string of the molecule is O=C(CC1=CCCCC1)NCc1cc(Br)cc2c1OCC2. The molecule has 3 nitrogen and oxygen atoms in total. The van der Waals surface area contributed by atoms with E-state index in [1.54, 1.807) is 0 Å². The lowest BCUT2D eigenvalue weighted by atomic mass is 9.97. The molecule has 0 spiro atoms. The van der Waals surface area contributed by atoms with E-state index < -0.39 is 0 Å². The fourth-order valence-electron chi connectivity index (χ4n) is 3.01. The van der Waals surface area contributed by atoms with Crippen LogP contribution in [0.1, 0.15) is 43.2 Å². The lowest BCUT2D eigenvalue weighted by molar-refractivity contribution is -0.120. The molecule has 1 aromatic carbocycles. The monoisotopic (exact) mass is 349 g/mol. The number of hydrogen-bond donors (Lipinski definition) is 1. The van der Waals surface area contributed by atoms with Crippen LogP contribution in [-0.2, 0) is 17.8 Å². The van der Waals surface area contributed by atoms with E-state index in [0.717, 1.165) is 41.7 Å². The summed E-state index contributed by atoms with van der Waals surface area (Å²) in [4.78, 5) is 12.1. The normalized spacial score (nSPS) is 16.9. The Labute approximate surface area is 133 Å². The van der Waals surface area contributed by atoms with Crippen LogP contribution in [0.3, 0.4) is 0 Å². The number of amides is 1. The summed E-state index contributed by atoms with van der Waals surface area (Å²) in [5.41, 5.74) is 3.57. The van der Waals surface area contributed by atoms with Gasteiger partial charge >= 0.3 is 0 Å². The van der Waals surface area contributed by atoms with Crippen molar-refractivity contribution in [2.45, 2.75) is 45.1 Å². The zero-order valence-corrected chi connectivity index (χ0v) is 13.7. The Morgan fingerprint density at radius 2 is 2.19 bits per heavy atom. The highest BCUT2D eigenvalue weighted by molar-refractivity contribution is 9.10. The van der Waals surface area contributed by atoms with Crippen molar-refractivity contribution in [3.63, 3.8) is 0 Å². The second-order valence-electron chi connectivity index (χ2n) is 5.71. The van der Waals surface area contributed by atoms with Gasteiger partial charge in [0.1, 0.15) is 5.75 Å². The largest absolute Gasteiger partial charge is 0.493 e. The smallest absolute Gasteiger partial charge is 0.224 e. The molecule has 0 fully saturated rings. The first-order chi connectivity index (χ1) is 10.2. The summed E-state index contributed by atoms with van der Waals surface area (Å²) >= 11 is 3.53. The van der Waals surface area contributed by atoms with Crippen molar-refractivity contribution >= 4 is 21.8 Å². The predicted molar refractivity (Wildman–Crippen MR) is 86.4 cm³/mol. The van der Waals surface area contributed by atoms with Gasteiger partial charge in [0.2, 0.25) is 5.91 Å². The Morgan fingerprint density at radius 1 is 1.29 bits per heavy atom. The topological polar surface area (TPSA) is 38.3 Å². The van der Waals surface area contributed by atoms with Gasteiger partial charge in [-0.1, -0.05) is 27.6 Å². The average molecular weight is 350 g/mol. The fourth-order valence-corrected chi connectivity index (χ4v) is 3.56. The zero-order valence-electron chi connectivity index (χ0n) is 12.1. The maximum absolute atomic E-state index is 12.1. The molecule has 0 saturated heterocycles. The second-order valence-corrected chi connectivity index (χ2v) is 6.63. The van der Waals surface area contributed by atoms with E-state index in [9.17, 15) is 4.79 Å². The standard InChI is InChI=1S/C17H20BrNO2/c18-15-9-13-6-7-21-17(13)14(10-15)11-19-16(20)8-12-4-2-1-3-5-12/h4,9-10H,1-3,5-8,11H2,(H,19,20). The summed E-state index contributed by atoms with van der Waals surface area (Å²) in [6, 6.07) is 4.13. The van der Waals surface area contributed by atoms with Crippen LogP contribution in [0.2, 0.25) is 0 Å². The summed E-state index contributed by atoms with van der Waals surface area (Å²) in [5, 5.41) is 3.02. The Morgan fingerprint density at radius 3 is 3.00 bits per heavy atom. The molecule has 1 N–H and O–H groups in total. The molecule has 112 valence electrons. The first-order valence-electron chi connectivity index (χ1n) is 7.61. The molecule has 1 heterocycles. The van der Waals surface area contributed by atoms with E-state index in [-0.39, 0.29) is 5.91 Å². The molecule has 0 bridgehead atoms. The lowest BCUT2D eigenvalue weighted by Crippen LogP contribution is -2.23. The second kappa shape index (κ2) is 6.65. The van der Waals surface area contributed by atoms with E-state index >= 15 is 0 Å². The van der Waals surface area contributed by atoms with Crippen LogP contribution in [0.5, 0.6) is 5.75 Å². The summed E-state index contributed by atoms with van der Waals surface area (Å²) < 4.78 is 6.73. The predicted octanol–water partition coefficient (Wildman–Crippen LogP) is 3.89. The van der Waals surface area contributed by atoms with Gasteiger partial charge in [-0.25, -0.2) is 0 Å². The highest BCUT2D eigenvalue weighted by Crippen LogP contribution is 2.32. The molecule has 0 saturated carbocycles. The van der Waals surface area contributed by atoms with Gasteiger partial charge < -0.3 is 10.1 Å². The minimum absolute atomic E-state index is 0.106. The number of hydrogen-bond acceptors (Lipinski definition) is 2. The number of fused-ring (bicyclic) bond motifs is 1. The molecule has 0 atom stereocenters. The molecule has 1 aromatic rings. The van der Waals surface area contributed by atoms with Crippen molar-refractivity contribution < 1.29 is 9.53 Å². The van der Waals surface area contributed by atoms with Crippen molar-refractivity contribution in [2.75, 3.05) is 6.61 Å². The number of halogens is 1. The number of carbonyl (C=O) groups is 1. The van der Waals surface area contributed by atoms with Gasteiger partial charge in [-0.05, 0) is 43.4 Å². The minimum atomic E-state index is 0.106. The molecule has 1 aliphatic heterocycles. The van der Waals surface area contributed by atoms with Gasteiger partial charge in [0, 0.05) is 29.4 Å². The van der Waals surface area contributed by atoms with Gasteiger partial charge in [0.05, 0.1) is 6.61 Å². The third-order valence-electron chi connectivity index (χ3n) is 4.07. The molecular formula is C17H20BrNO2. The first kappa shape index (κ1) is 14.6. The molecule has 1 amide bonds. The van der Waals surface area contributed by atoms with Crippen molar-refractivity contribution in [3.8, 4) is 5.75 Å². The maximum Gasteiger partial charge on any atom is 0.224 e. The number of allylic oxidation sites excluding steroid dienone is 1. The first-order valence-corrected chi connectivity index (χ1v) is 8.40. The third-order valence-corrected chi connectivity index (χ3v) is 4.53. The average Bonchev–Trinajstić information content (AvgIpc) is 2.94. The van der Waals surface area contributed by atoms with Crippen molar-refractivity contribution in [1.29, 1.82) is 0 Å². The summed E-state index contributed by atoms with van der Waals surface area (Å²) in [7, 11) is 0. The Bertz CT molecular complexity index is 580. The van der Waals surface area contributed by atoms with Gasteiger partial charge in [0.25, 0.3) is 0 Å². The summed E-state index contributed by atoms with van der Waals surface area (Å²) in [5.74, 6) is 1.06. The molecule has 4 heteroatoms.